The summed E-state index contributed by atoms with van der Waals surface area (Å²) >= 11 is 5.10. The van der Waals surface area contributed by atoms with Crippen LogP contribution in [0.25, 0.3) is 0 Å². The summed E-state index contributed by atoms with van der Waals surface area (Å²) < 4.78 is 0. The van der Waals surface area contributed by atoms with Crippen LogP contribution in [0.15, 0.2) is 0 Å². The Balaban J connectivity index is 2.40. The molecule has 0 bridgehead atoms. The molecule has 0 spiro atoms. The Morgan fingerprint density at radius 1 is 1.31 bits per heavy atom. The van der Waals surface area contributed by atoms with Gasteiger partial charge in [-0.25, -0.2) is 0 Å². The van der Waals surface area contributed by atoms with Gasteiger partial charge in [0.25, 0.3) is 0 Å². The molecule has 0 aromatic carbocycles. The largest absolute Gasteiger partial charge is 0.396 e. The first-order valence-electron chi connectivity index (χ1n) is 5.86. The van der Waals surface area contributed by atoms with Gasteiger partial charge in [-0.15, -0.1) is 0 Å². The fourth-order valence-corrected chi connectivity index (χ4v) is 2.11. The summed E-state index contributed by atoms with van der Waals surface area (Å²) in [7, 11) is 0. The molecule has 0 aromatic heterocycles. The predicted octanol–water partition coefficient (Wildman–Crippen LogP) is 0.0511. The van der Waals surface area contributed by atoms with Crippen LogP contribution in [0.3, 0.4) is 0 Å². The number of hydrogen-bond donors (Lipinski definition) is 2. The van der Waals surface area contributed by atoms with E-state index >= 15 is 0 Å². The smallest absolute Gasteiger partial charge is 0.0928 e. The van der Waals surface area contributed by atoms with Crippen LogP contribution in [0, 0.1) is 0 Å². The highest BCUT2D eigenvalue weighted by Gasteiger charge is 2.31. The maximum atomic E-state index is 8.78. The van der Waals surface area contributed by atoms with E-state index in [9.17, 15) is 0 Å². The van der Waals surface area contributed by atoms with Crippen molar-refractivity contribution in [2.75, 3.05) is 39.3 Å². The molecule has 1 aliphatic heterocycles. The second-order valence-electron chi connectivity index (χ2n) is 4.83. The van der Waals surface area contributed by atoms with Crippen molar-refractivity contribution in [1.82, 2.24) is 9.80 Å². The Morgan fingerprint density at radius 2 is 1.88 bits per heavy atom. The van der Waals surface area contributed by atoms with Crippen LogP contribution in [0.5, 0.6) is 0 Å². The minimum Gasteiger partial charge on any atom is -0.396 e. The maximum absolute atomic E-state index is 8.78. The minimum atomic E-state index is -0.182. The Hall–Kier alpha value is -0.230. The van der Waals surface area contributed by atoms with Crippen LogP contribution in [0.1, 0.15) is 20.3 Å². The number of nitrogens with zero attached hydrogens (tertiary/aromatic N) is 2. The molecule has 0 amide bonds. The van der Waals surface area contributed by atoms with Crippen LogP contribution < -0.4 is 5.73 Å². The summed E-state index contributed by atoms with van der Waals surface area (Å²) in [6, 6.07) is 0. The molecule has 1 heterocycles. The number of rotatable bonds is 5. The van der Waals surface area contributed by atoms with Crippen molar-refractivity contribution < 1.29 is 5.11 Å². The lowest BCUT2D eigenvalue weighted by Crippen LogP contribution is -2.59. The van der Waals surface area contributed by atoms with Gasteiger partial charge < -0.3 is 15.7 Å². The molecule has 0 unspecified atom stereocenters. The summed E-state index contributed by atoms with van der Waals surface area (Å²) in [5.41, 5.74) is 5.58. The van der Waals surface area contributed by atoms with E-state index < -0.39 is 0 Å². The molecule has 1 saturated heterocycles. The van der Waals surface area contributed by atoms with Gasteiger partial charge in [-0.3, -0.25) is 4.90 Å². The van der Waals surface area contributed by atoms with Crippen LogP contribution >= 0.6 is 12.2 Å². The lowest BCUT2D eigenvalue weighted by atomic mass is 10.0. The molecule has 0 atom stereocenters. The first-order chi connectivity index (χ1) is 7.48. The molecule has 16 heavy (non-hydrogen) atoms. The van der Waals surface area contributed by atoms with Gasteiger partial charge in [0, 0.05) is 39.3 Å². The lowest BCUT2D eigenvalue weighted by Gasteiger charge is -2.43. The topological polar surface area (TPSA) is 52.7 Å². The maximum Gasteiger partial charge on any atom is 0.0928 e. The highest BCUT2D eigenvalue weighted by Crippen LogP contribution is 2.17. The van der Waals surface area contributed by atoms with E-state index in [0.717, 1.165) is 39.1 Å². The van der Waals surface area contributed by atoms with E-state index in [2.05, 4.69) is 23.6 Å². The second kappa shape index (κ2) is 5.91. The van der Waals surface area contributed by atoms with Crippen molar-refractivity contribution in [3.63, 3.8) is 0 Å². The molecular formula is C11H23N3OS. The van der Waals surface area contributed by atoms with Crippen LogP contribution in [0.2, 0.25) is 0 Å². The molecule has 4 nitrogen and oxygen atoms in total. The average Bonchev–Trinajstić information content (AvgIpc) is 2.26. The van der Waals surface area contributed by atoms with E-state index in [1.807, 2.05) is 0 Å². The van der Waals surface area contributed by atoms with Gasteiger partial charge in [0.1, 0.15) is 0 Å². The molecule has 5 heteroatoms. The van der Waals surface area contributed by atoms with Gasteiger partial charge in [-0.2, -0.15) is 0 Å². The molecule has 3 N–H and O–H groups in total. The van der Waals surface area contributed by atoms with E-state index in [1.54, 1.807) is 0 Å². The van der Waals surface area contributed by atoms with Gasteiger partial charge in [0.05, 0.1) is 10.5 Å². The number of aliphatic hydroxyl groups is 1. The SMILES string of the molecule is CC(C)(C(N)=S)N1CCN(CCCO)CC1. The van der Waals surface area contributed by atoms with E-state index in [4.69, 9.17) is 23.1 Å². The van der Waals surface area contributed by atoms with Crippen molar-refractivity contribution in [2.45, 2.75) is 25.8 Å². The number of nitrogens with two attached hydrogens (primary N) is 1. The van der Waals surface area contributed by atoms with Crippen LogP contribution in [-0.4, -0.2) is 64.8 Å². The average molecular weight is 245 g/mol. The highest BCUT2D eigenvalue weighted by molar-refractivity contribution is 7.80. The molecule has 1 rings (SSSR count). The third kappa shape index (κ3) is 3.38. The number of thiocarbonyl (C=S) groups is 1. The summed E-state index contributed by atoms with van der Waals surface area (Å²) in [4.78, 5) is 5.28. The molecule has 0 saturated carbocycles. The summed E-state index contributed by atoms with van der Waals surface area (Å²) in [6.45, 7) is 9.48. The second-order valence-corrected chi connectivity index (χ2v) is 5.27. The summed E-state index contributed by atoms with van der Waals surface area (Å²) in [5.74, 6) is 0. The molecule has 1 aliphatic rings. The molecular weight excluding hydrogens is 222 g/mol. The monoisotopic (exact) mass is 245 g/mol. The van der Waals surface area contributed by atoms with Gasteiger partial charge >= 0.3 is 0 Å². The number of aliphatic hydroxyl groups excluding tert-OH is 1. The lowest BCUT2D eigenvalue weighted by molar-refractivity contribution is 0.0821. The Morgan fingerprint density at radius 3 is 2.31 bits per heavy atom. The third-order valence-electron chi connectivity index (χ3n) is 3.40. The predicted molar refractivity (Wildman–Crippen MR) is 70.6 cm³/mol. The van der Waals surface area contributed by atoms with Crippen molar-refractivity contribution in [1.29, 1.82) is 0 Å². The third-order valence-corrected chi connectivity index (χ3v) is 3.90. The van der Waals surface area contributed by atoms with Crippen molar-refractivity contribution in [3.05, 3.63) is 0 Å². The Bertz CT molecular complexity index is 237. The Labute approximate surface area is 103 Å². The zero-order chi connectivity index (χ0) is 12.2. The van der Waals surface area contributed by atoms with Crippen molar-refractivity contribution >= 4 is 17.2 Å². The van der Waals surface area contributed by atoms with Gasteiger partial charge in [-0.05, 0) is 20.3 Å². The van der Waals surface area contributed by atoms with E-state index in [-0.39, 0.29) is 12.1 Å². The first-order valence-corrected chi connectivity index (χ1v) is 6.27. The minimum absolute atomic E-state index is 0.182. The number of hydrogen-bond acceptors (Lipinski definition) is 4. The standard InChI is InChI=1S/C11H23N3OS/c1-11(2,10(12)16)14-7-5-13(6-8-14)4-3-9-15/h15H,3-9H2,1-2H3,(H2,12,16). The highest BCUT2D eigenvalue weighted by atomic mass is 32.1. The van der Waals surface area contributed by atoms with Crippen molar-refractivity contribution in [2.24, 2.45) is 5.73 Å². The molecule has 0 aliphatic carbocycles. The van der Waals surface area contributed by atoms with Gasteiger partial charge in [-0.1, -0.05) is 12.2 Å². The normalized spacial score (nSPS) is 19.9. The van der Waals surface area contributed by atoms with Crippen molar-refractivity contribution in [3.8, 4) is 0 Å². The fourth-order valence-electron chi connectivity index (χ4n) is 1.98. The van der Waals surface area contributed by atoms with E-state index in [0.29, 0.717) is 4.99 Å². The summed E-state index contributed by atoms with van der Waals surface area (Å²) in [5, 5.41) is 8.78. The van der Waals surface area contributed by atoms with Gasteiger partial charge in [0.2, 0.25) is 0 Å². The zero-order valence-corrected chi connectivity index (χ0v) is 11.1. The molecule has 94 valence electrons. The van der Waals surface area contributed by atoms with Crippen LogP contribution in [-0.2, 0) is 0 Å². The van der Waals surface area contributed by atoms with Gasteiger partial charge in [0.15, 0.2) is 0 Å². The number of piperazine rings is 1. The van der Waals surface area contributed by atoms with E-state index in [1.165, 1.54) is 0 Å². The quantitative estimate of drug-likeness (QED) is 0.671. The molecule has 0 aromatic rings. The molecule has 0 radical (unpaired) electrons. The molecule has 1 fully saturated rings. The van der Waals surface area contributed by atoms with Crippen LogP contribution in [0.4, 0.5) is 0 Å². The summed E-state index contributed by atoms with van der Waals surface area (Å²) in [6.07, 6.45) is 0.860. The Kier molecular flexibility index (Phi) is 5.11. The fraction of sp³-hybridized carbons (Fsp3) is 0.909. The zero-order valence-electron chi connectivity index (χ0n) is 10.3. The first kappa shape index (κ1) is 13.8.